The first kappa shape index (κ1) is 14.5. The molecule has 1 amide bonds. The van der Waals surface area contributed by atoms with Gasteiger partial charge in [-0.2, -0.15) is 0 Å². The first-order valence-electron chi connectivity index (χ1n) is 6.64. The molecule has 3 aromatic rings. The second kappa shape index (κ2) is 6.11. The lowest BCUT2D eigenvalue weighted by atomic mass is 10.2. The average molecular weight is 358 g/mol. The predicted octanol–water partition coefficient (Wildman–Crippen LogP) is 2.80. The maximum Gasteiger partial charge on any atom is 0.261 e. The molecule has 1 aromatic heterocycles. The summed E-state index contributed by atoms with van der Waals surface area (Å²) in [4.78, 5) is 28.6. The van der Waals surface area contributed by atoms with Crippen molar-refractivity contribution in [3.05, 3.63) is 69.7 Å². The zero-order valence-corrected chi connectivity index (χ0v) is 13.1. The first-order valence-corrected chi connectivity index (χ1v) is 7.43. The zero-order valence-electron chi connectivity index (χ0n) is 11.5. The third-order valence-electron chi connectivity index (χ3n) is 3.19. The van der Waals surface area contributed by atoms with Crippen molar-refractivity contribution in [3.63, 3.8) is 0 Å². The van der Waals surface area contributed by atoms with E-state index < -0.39 is 0 Å². The number of halogens is 1. The molecule has 1 N–H and O–H groups in total. The number of aromatic nitrogens is 2. The molecule has 2 aromatic carbocycles. The van der Waals surface area contributed by atoms with Gasteiger partial charge in [-0.25, -0.2) is 4.98 Å². The summed E-state index contributed by atoms with van der Waals surface area (Å²) in [5.41, 5.74) is 1.05. The Morgan fingerprint density at radius 3 is 2.68 bits per heavy atom. The lowest BCUT2D eigenvalue weighted by Gasteiger charge is -2.09. The number of amides is 1. The molecule has 110 valence electrons. The summed E-state index contributed by atoms with van der Waals surface area (Å²) in [5.74, 6) is -0.286. The Balaban J connectivity index is 1.84. The Kier molecular flexibility index (Phi) is 4.02. The smallest absolute Gasteiger partial charge is 0.261 e. The van der Waals surface area contributed by atoms with Gasteiger partial charge in [0.05, 0.1) is 22.9 Å². The van der Waals surface area contributed by atoms with Gasteiger partial charge in [0.1, 0.15) is 6.54 Å². The molecule has 0 atom stereocenters. The van der Waals surface area contributed by atoms with Crippen LogP contribution in [0, 0.1) is 0 Å². The highest BCUT2D eigenvalue weighted by molar-refractivity contribution is 9.10. The van der Waals surface area contributed by atoms with Crippen LogP contribution in [0.25, 0.3) is 10.9 Å². The topological polar surface area (TPSA) is 64.0 Å². The number of para-hydroxylation sites is 2. The van der Waals surface area contributed by atoms with Crippen LogP contribution in [0.5, 0.6) is 0 Å². The van der Waals surface area contributed by atoms with Crippen molar-refractivity contribution in [1.29, 1.82) is 0 Å². The lowest BCUT2D eigenvalue weighted by Crippen LogP contribution is -2.27. The SMILES string of the molecule is O=C(Cn1cnc2ccccc2c1=O)Nc1ccccc1Br. The van der Waals surface area contributed by atoms with E-state index >= 15 is 0 Å². The largest absolute Gasteiger partial charge is 0.324 e. The molecule has 0 spiro atoms. The summed E-state index contributed by atoms with van der Waals surface area (Å²) in [6, 6.07) is 14.4. The van der Waals surface area contributed by atoms with Crippen molar-refractivity contribution < 1.29 is 4.79 Å². The first-order chi connectivity index (χ1) is 10.6. The van der Waals surface area contributed by atoms with Gasteiger partial charge in [-0.15, -0.1) is 0 Å². The van der Waals surface area contributed by atoms with Gasteiger partial charge in [0.2, 0.25) is 5.91 Å². The molecule has 0 aliphatic carbocycles. The number of nitrogens with zero attached hydrogens (tertiary/aromatic N) is 2. The van der Waals surface area contributed by atoms with Gasteiger partial charge in [-0.05, 0) is 40.2 Å². The predicted molar refractivity (Wildman–Crippen MR) is 88.8 cm³/mol. The van der Waals surface area contributed by atoms with E-state index in [-0.39, 0.29) is 18.0 Å². The molecule has 22 heavy (non-hydrogen) atoms. The Morgan fingerprint density at radius 2 is 1.86 bits per heavy atom. The second-order valence-electron chi connectivity index (χ2n) is 4.72. The number of carbonyl (C=O) groups excluding carboxylic acids is 1. The van der Waals surface area contributed by atoms with E-state index in [0.717, 1.165) is 4.47 Å². The molecule has 1 heterocycles. The highest BCUT2D eigenvalue weighted by Crippen LogP contribution is 2.21. The number of hydrogen-bond donors (Lipinski definition) is 1. The molecule has 0 unspecified atom stereocenters. The minimum Gasteiger partial charge on any atom is -0.324 e. The number of fused-ring (bicyclic) bond motifs is 1. The Labute approximate surface area is 134 Å². The van der Waals surface area contributed by atoms with Gasteiger partial charge in [-0.1, -0.05) is 24.3 Å². The standard InChI is InChI=1S/C16H12BrN3O2/c17-12-6-2-4-8-14(12)19-15(21)9-20-10-18-13-7-3-1-5-11(13)16(20)22/h1-8,10H,9H2,(H,19,21). The Bertz CT molecular complexity index is 905. The van der Waals surface area contributed by atoms with E-state index in [1.165, 1.54) is 10.9 Å². The number of hydrogen-bond acceptors (Lipinski definition) is 3. The van der Waals surface area contributed by atoms with Gasteiger partial charge in [-0.3, -0.25) is 14.2 Å². The van der Waals surface area contributed by atoms with Crippen molar-refractivity contribution >= 4 is 38.4 Å². The van der Waals surface area contributed by atoms with Crippen LogP contribution in [0.4, 0.5) is 5.69 Å². The number of carbonyl (C=O) groups is 1. The van der Waals surface area contributed by atoms with Crippen LogP contribution in [0.1, 0.15) is 0 Å². The highest BCUT2D eigenvalue weighted by atomic mass is 79.9. The van der Waals surface area contributed by atoms with Crippen LogP contribution in [0.15, 0.2) is 64.1 Å². The third-order valence-corrected chi connectivity index (χ3v) is 3.88. The maximum atomic E-state index is 12.3. The maximum absolute atomic E-state index is 12.3. The normalized spacial score (nSPS) is 10.6. The van der Waals surface area contributed by atoms with Crippen molar-refractivity contribution in [2.75, 3.05) is 5.32 Å². The van der Waals surface area contributed by atoms with E-state index in [1.807, 2.05) is 24.3 Å². The van der Waals surface area contributed by atoms with Crippen molar-refractivity contribution in [2.45, 2.75) is 6.54 Å². The zero-order chi connectivity index (χ0) is 15.5. The lowest BCUT2D eigenvalue weighted by molar-refractivity contribution is -0.116. The van der Waals surface area contributed by atoms with Crippen molar-refractivity contribution in [1.82, 2.24) is 9.55 Å². The number of anilines is 1. The van der Waals surface area contributed by atoms with Crippen LogP contribution in [0.3, 0.4) is 0 Å². The Hall–Kier alpha value is -2.47. The van der Waals surface area contributed by atoms with E-state index in [9.17, 15) is 9.59 Å². The molecule has 0 aliphatic heterocycles. The molecule has 3 rings (SSSR count). The van der Waals surface area contributed by atoms with Crippen LogP contribution < -0.4 is 10.9 Å². The summed E-state index contributed by atoms with van der Waals surface area (Å²) in [7, 11) is 0. The molecular formula is C16H12BrN3O2. The molecule has 0 radical (unpaired) electrons. The summed E-state index contributed by atoms with van der Waals surface area (Å²) in [6.07, 6.45) is 1.39. The van der Waals surface area contributed by atoms with E-state index in [4.69, 9.17) is 0 Å². The average Bonchev–Trinajstić information content (AvgIpc) is 2.53. The number of rotatable bonds is 3. The van der Waals surface area contributed by atoms with Crippen LogP contribution >= 0.6 is 15.9 Å². The van der Waals surface area contributed by atoms with Gasteiger partial charge in [0.25, 0.3) is 5.56 Å². The quantitative estimate of drug-likeness (QED) is 0.783. The fraction of sp³-hybridized carbons (Fsp3) is 0.0625. The van der Waals surface area contributed by atoms with E-state index in [1.54, 1.807) is 24.3 Å². The molecule has 0 saturated carbocycles. The number of nitrogens with one attached hydrogen (secondary N) is 1. The van der Waals surface area contributed by atoms with Crippen LogP contribution in [-0.2, 0) is 11.3 Å². The van der Waals surface area contributed by atoms with Crippen molar-refractivity contribution in [2.24, 2.45) is 0 Å². The molecule has 0 fully saturated rings. The summed E-state index contributed by atoms with van der Waals surface area (Å²) in [6.45, 7) is -0.0853. The number of benzene rings is 2. The second-order valence-corrected chi connectivity index (χ2v) is 5.58. The molecule has 0 aliphatic rings. The highest BCUT2D eigenvalue weighted by Gasteiger charge is 2.09. The Morgan fingerprint density at radius 1 is 1.14 bits per heavy atom. The molecule has 5 nitrogen and oxygen atoms in total. The molecule has 6 heteroatoms. The van der Waals surface area contributed by atoms with Gasteiger partial charge in [0, 0.05) is 4.47 Å². The van der Waals surface area contributed by atoms with Gasteiger partial charge in [0.15, 0.2) is 0 Å². The van der Waals surface area contributed by atoms with E-state index in [0.29, 0.717) is 16.6 Å². The van der Waals surface area contributed by atoms with Gasteiger partial charge < -0.3 is 5.32 Å². The van der Waals surface area contributed by atoms with Crippen LogP contribution in [-0.4, -0.2) is 15.5 Å². The minimum absolute atomic E-state index is 0.0853. The summed E-state index contributed by atoms with van der Waals surface area (Å²) >= 11 is 3.36. The molecule has 0 bridgehead atoms. The monoisotopic (exact) mass is 357 g/mol. The fourth-order valence-corrected chi connectivity index (χ4v) is 2.51. The molecule has 0 saturated heterocycles. The van der Waals surface area contributed by atoms with Crippen molar-refractivity contribution in [3.8, 4) is 0 Å². The van der Waals surface area contributed by atoms with Gasteiger partial charge >= 0.3 is 0 Å². The van der Waals surface area contributed by atoms with E-state index in [2.05, 4.69) is 26.2 Å². The van der Waals surface area contributed by atoms with Crippen LogP contribution in [0.2, 0.25) is 0 Å². The summed E-state index contributed by atoms with van der Waals surface area (Å²) in [5, 5.41) is 3.26. The summed E-state index contributed by atoms with van der Waals surface area (Å²) < 4.78 is 2.08. The minimum atomic E-state index is -0.286. The fourth-order valence-electron chi connectivity index (χ4n) is 2.13. The molecular weight excluding hydrogens is 346 g/mol. The third kappa shape index (κ3) is 2.92.